The van der Waals surface area contributed by atoms with E-state index in [1.807, 2.05) is 16.8 Å². The van der Waals surface area contributed by atoms with Crippen LogP contribution in [0.4, 0.5) is 0 Å². The highest BCUT2D eigenvalue weighted by Gasteiger charge is 2.55. The van der Waals surface area contributed by atoms with Crippen molar-refractivity contribution in [1.29, 1.82) is 0 Å². The van der Waals surface area contributed by atoms with Crippen molar-refractivity contribution in [3.8, 4) is 5.69 Å². The van der Waals surface area contributed by atoms with Gasteiger partial charge in [0.1, 0.15) is 5.60 Å². The Morgan fingerprint density at radius 3 is 2.32 bits per heavy atom. The Bertz CT molecular complexity index is 1390. The first-order chi connectivity index (χ1) is 17.9. The quantitative estimate of drug-likeness (QED) is 0.494. The summed E-state index contributed by atoms with van der Waals surface area (Å²) in [4.78, 5) is 11.4. The van der Waals surface area contributed by atoms with Crippen LogP contribution in [0.5, 0.6) is 0 Å². The van der Waals surface area contributed by atoms with Crippen LogP contribution in [-0.2, 0) is 15.6 Å². The van der Waals surface area contributed by atoms with Gasteiger partial charge in [0.2, 0.25) is 10.0 Å². The van der Waals surface area contributed by atoms with E-state index in [0.29, 0.717) is 19.0 Å². The minimum atomic E-state index is -3.16. The monoisotopic (exact) mass is 537 g/mol. The second-order valence-corrected chi connectivity index (χ2v) is 13.8. The molecule has 0 radical (unpaired) electrons. The van der Waals surface area contributed by atoms with E-state index in [1.165, 1.54) is 11.8 Å². The fourth-order valence-electron chi connectivity index (χ4n) is 6.29. The van der Waals surface area contributed by atoms with Crippen molar-refractivity contribution in [3.05, 3.63) is 77.6 Å². The van der Waals surface area contributed by atoms with Crippen molar-refractivity contribution in [1.82, 2.24) is 23.7 Å². The maximum atomic E-state index is 12.5. The fourth-order valence-corrected chi connectivity index (χ4v) is 7.16. The smallest absolute Gasteiger partial charge is 0.211 e. The molecule has 0 aliphatic carbocycles. The lowest BCUT2D eigenvalue weighted by Gasteiger charge is -2.55. The van der Waals surface area contributed by atoms with Crippen LogP contribution in [-0.4, -0.2) is 76.7 Å². The molecule has 0 unspecified atom stereocenters. The molecule has 9 heteroatoms. The van der Waals surface area contributed by atoms with Crippen molar-refractivity contribution in [2.24, 2.45) is 5.41 Å². The minimum Gasteiger partial charge on any atom is -0.380 e. The molecular weight excluding hydrogens is 498 g/mol. The molecule has 0 amide bonds. The molecule has 3 aromatic rings. The van der Waals surface area contributed by atoms with Crippen LogP contribution in [0.1, 0.15) is 67.8 Å². The number of aromatic nitrogens is 3. The number of sulfonamides is 1. The molecule has 2 aliphatic rings. The summed E-state index contributed by atoms with van der Waals surface area (Å²) < 4.78 is 27.2. The Balaban J connectivity index is 1.45. The second kappa shape index (κ2) is 9.86. The van der Waals surface area contributed by atoms with Gasteiger partial charge in [-0.25, -0.2) is 17.7 Å². The van der Waals surface area contributed by atoms with E-state index in [-0.39, 0.29) is 11.3 Å². The van der Waals surface area contributed by atoms with E-state index in [0.717, 1.165) is 48.4 Å². The van der Waals surface area contributed by atoms with Crippen LogP contribution in [0.2, 0.25) is 0 Å². The average molecular weight is 538 g/mol. The molecule has 0 spiro atoms. The summed E-state index contributed by atoms with van der Waals surface area (Å²) in [6, 6.07) is 10.4. The summed E-state index contributed by atoms with van der Waals surface area (Å²) in [5.41, 5.74) is 3.10. The Labute approximate surface area is 226 Å². The Morgan fingerprint density at radius 2 is 1.74 bits per heavy atom. The number of piperidine rings is 1. The molecule has 1 atom stereocenters. The lowest BCUT2D eigenvalue weighted by atomic mass is 9.62. The van der Waals surface area contributed by atoms with E-state index < -0.39 is 15.6 Å². The molecule has 38 heavy (non-hydrogen) atoms. The fraction of sp³-hybridized carbons (Fsp3) is 0.517. The highest BCUT2D eigenvalue weighted by molar-refractivity contribution is 7.88. The van der Waals surface area contributed by atoms with Crippen molar-refractivity contribution in [2.75, 3.05) is 39.5 Å². The van der Waals surface area contributed by atoms with Crippen molar-refractivity contribution in [2.45, 2.75) is 51.0 Å². The largest absolute Gasteiger partial charge is 0.380 e. The molecule has 0 bridgehead atoms. The maximum absolute atomic E-state index is 12.5. The summed E-state index contributed by atoms with van der Waals surface area (Å²) in [7, 11) is -1.08. The Morgan fingerprint density at radius 1 is 1.08 bits per heavy atom. The number of rotatable bonds is 7. The van der Waals surface area contributed by atoms with Crippen LogP contribution in [0, 0.1) is 5.41 Å². The SMILES string of the molecule is CC(C)c1ccc([C@](O)(c2cncc(-n3cnc(C4CCN(S(C)(=O)=O)CC4)c3)c2)C2(C)CN(C)C2)cc1. The van der Waals surface area contributed by atoms with E-state index in [4.69, 9.17) is 0 Å². The normalized spacial score (nSPS) is 20.8. The number of nitrogens with zero attached hydrogens (tertiary/aromatic N) is 5. The van der Waals surface area contributed by atoms with Gasteiger partial charge in [-0.3, -0.25) is 4.98 Å². The number of hydrogen-bond acceptors (Lipinski definition) is 6. The first kappa shape index (κ1) is 27.0. The third-order valence-corrected chi connectivity index (χ3v) is 9.79. The molecule has 0 saturated carbocycles. The predicted molar refractivity (Wildman–Crippen MR) is 149 cm³/mol. The van der Waals surface area contributed by atoms with E-state index in [2.05, 4.69) is 67.0 Å². The second-order valence-electron chi connectivity index (χ2n) is 11.8. The molecule has 2 aromatic heterocycles. The van der Waals surface area contributed by atoms with Gasteiger partial charge in [0.25, 0.3) is 0 Å². The van der Waals surface area contributed by atoms with E-state index in [9.17, 15) is 13.5 Å². The molecule has 1 N–H and O–H groups in total. The van der Waals surface area contributed by atoms with Crippen molar-refractivity contribution >= 4 is 10.0 Å². The Hall–Kier alpha value is -2.59. The molecule has 2 aliphatic heterocycles. The molecular formula is C29H39N5O3S. The topological polar surface area (TPSA) is 91.6 Å². The number of benzene rings is 1. The average Bonchev–Trinajstić information content (AvgIpc) is 3.37. The summed E-state index contributed by atoms with van der Waals surface area (Å²) in [6.45, 7) is 9.08. The van der Waals surface area contributed by atoms with Crippen molar-refractivity contribution in [3.63, 3.8) is 0 Å². The summed E-state index contributed by atoms with van der Waals surface area (Å²) in [5.74, 6) is 0.632. The van der Waals surface area contributed by atoms with E-state index in [1.54, 1.807) is 23.0 Å². The number of pyridine rings is 1. The minimum absolute atomic E-state index is 0.214. The predicted octanol–water partition coefficient (Wildman–Crippen LogP) is 3.72. The van der Waals surface area contributed by atoms with Crippen LogP contribution in [0.15, 0.2) is 55.2 Å². The summed E-state index contributed by atoms with van der Waals surface area (Å²) >= 11 is 0. The standard InChI is InChI=1S/C29H39N5O3S/c1-21(2)22-6-8-24(9-7-22)29(35,28(3)18-32(4)19-28)25-14-26(16-30-15-25)33-17-27(31-20-33)23-10-12-34(13-11-23)38(5,36)37/h6-9,14-17,20-21,23,35H,10-13,18-19H2,1-5H3/t29-/m0/s1. The molecule has 4 heterocycles. The van der Waals surface area contributed by atoms with Gasteiger partial charge in [-0.1, -0.05) is 45.0 Å². The number of likely N-dealkylation sites (tertiary alicyclic amines) is 1. The molecule has 204 valence electrons. The number of aliphatic hydroxyl groups is 1. The van der Waals surface area contributed by atoms with Gasteiger partial charge in [-0.2, -0.15) is 0 Å². The zero-order valence-corrected chi connectivity index (χ0v) is 23.8. The molecule has 1 aromatic carbocycles. The van der Waals surface area contributed by atoms with Gasteiger partial charge in [0.05, 0.1) is 30.2 Å². The third kappa shape index (κ3) is 4.81. The highest BCUT2D eigenvalue weighted by Crippen LogP contribution is 2.50. The number of hydrogen-bond donors (Lipinski definition) is 1. The first-order valence-corrected chi connectivity index (χ1v) is 15.2. The number of imidazole rings is 1. The molecule has 2 fully saturated rings. The highest BCUT2D eigenvalue weighted by atomic mass is 32.2. The van der Waals surface area contributed by atoms with E-state index >= 15 is 0 Å². The lowest BCUT2D eigenvalue weighted by molar-refractivity contribution is -0.127. The lowest BCUT2D eigenvalue weighted by Crippen LogP contribution is -2.63. The molecule has 5 rings (SSSR count). The Kier molecular flexibility index (Phi) is 7.01. The zero-order valence-electron chi connectivity index (χ0n) is 23.0. The van der Waals surface area contributed by atoms with Gasteiger partial charge in [-0.15, -0.1) is 0 Å². The van der Waals surface area contributed by atoms with Gasteiger partial charge in [0, 0.05) is 55.5 Å². The van der Waals surface area contributed by atoms with Gasteiger partial charge < -0.3 is 14.6 Å². The summed E-state index contributed by atoms with van der Waals surface area (Å²) in [5, 5.41) is 12.5. The zero-order chi connectivity index (χ0) is 27.3. The summed E-state index contributed by atoms with van der Waals surface area (Å²) in [6.07, 6.45) is 10.1. The molecule has 8 nitrogen and oxygen atoms in total. The molecule has 2 saturated heterocycles. The van der Waals surface area contributed by atoms with Crippen molar-refractivity contribution < 1.29 is 13.5 Å². The van der Waals surface area contributed by atoms with Crippen LogP contribution in [0.25, 0.3) is 5.69 Å². The third-order valence-electron chi connectivity index (χ3n) is 8.49. The van der Waals surface area contributed by atoms with Crippen LogP contribution < -0.4 is 0 Å². The van der Waals surface area contributed by atoms with Gasteiger partial charge in [-0.05, 0) is 43.0 Å². The van der Waals surface area contributed by atoms with Crippen LogP contribution in [0.3, 0.4) is 0 Å². The first-order valence-electron chi connectivity index (χ1n) is 13.4. The van der Waals surface area contributed by atoms with Crippen LogP contribution >= 0.6 is 0 Å². The van der Waals surface area contributed by atoms with Gasteiger partial charge in [0.15, 0.2) is 0 Å². The maximum Gasteiger partial charge on any atom is 0.211 e. The van der Waals surface area contributed by atoms with Gasteiger partial charge >= 0.3 is 0 Å².